The van der Waals surface area contributed by atoms with Crippen LogP contribution in [0.2, 0.25) is 0 Å². The van der Waals surface area contributed by atoms with E-state index in [0.717, 1.165) is 22.2 Å². The second-order valence-electron chi connectivity index (χ2n) is 5.17. The maximum atomic E-state index is 12.9. The highest BCUT2D eigenvalue weighted by molar-refractivity contribution is 8.18. The van der Waals surface area contributed by atoms with Crippen LogP contribution in [0.1, 0.15) is 11.1 Å². The summed E-state index contributed by atoms with van der Waals surface area (Å²) in [5.41, 5.74) is 1.59. The fourth-order valence-corrected chi connectivity index (χ4v) is 3.51. The quantitative estimate of drug-likeness (QED) is 0.581. The van der Waals surface area contributed by atoms with Gasteiger partial charge < -0.3 is 0 Å². The van der Waals surface area contributed by atoms with Crippen molar-refractivity contribution in [3.05, 3.63) is 70.4 Å². The predicted octanol–water partition coefficient (Wildman–Crippen LogP) is 4.78. The Kier molecular flexibility index (Phi) is 5.06. The number of carbonyl (C=O) groups is 2. The molecular weight excluding hydrogens is 345 g/mol. The number of hydrogen-bond donors (Lipinski definition) is 0. The SMILES string of the molecule is CSc1ccc(/C=C2\SC(=O)N(Cc3ccc(F)cc3)C2=O)cc1. The van der Waals surface area contributed by atoms with Gasteiger partial charge in [0.15, 0.2) is 0 Å². The Morgan fingerprint density at radius 2 is 1.75 bits per heavy atom. The van der Waals surface area contributed by atoms with Crippen LogP contribution in [0.4, 0.5) is 9.18 Å². The summed E-state index contributed by atoms with van der Waals surface area (Å²) in [6.07, 6.45) is 3.72. The van der Waals surface area contributed by atoms with Crippen molar-refractivity contribution < 1.29 is 14.0 Å². The van der Waals surface area contributed by atoms with Gasteiger partial charge in [-0.1, -0.05) is 24.3 Å². The predicted molar refractivity (Wildman–Crippen MR) is 96.1 cm³/mol. The highest BCUT2D eigenvalue weighted by Gasteiger charge is 2.34. The summed E-state index contributed by atoms with van der Waals surface area (Å²) in [6.45, 7) is 0.147. The van der Waals surface area contributed by atoms with Gasteiger partial charge >= 0.3 is 0 Å². The molecule has 0 radical (unpaired) electrons. The van der Waals surface area contributed by atoms with Gasteiger partial charge in [-0.2, -0.15) is 0 Å². The molecule has 1 heterocycles. The van der Waals surface area contributed by atoms with Gasteiger partial charge in [-0.15, -0.1) is 11.8 Å². The molecule has 0 atom stereocenters. The summed E-state index contributed by atoms with van der Waals surface area (Å²) < 4.78 is 12.9. The summed E-state index contributed by atoms with van der Waals surface area (Å²) in [4.78, 5) is 27.3. The molecular formula is C18H14FNO2S2. The summed E-state index contributed by atoms with van der Waals surface area (Å²) in [7, 11) is 0. The highest BCUT2D eigenvalue weighted by Crippen LogP contribution is 2.33. The van der Waals surface area contributed by atoms with Gasteiger partial charge in [0.05, 0.1) is 11.4 Å². The van der Waals surface area contributed by atoms with Gasteiger partial charge in [0.1, 0.15) is 5.82 Å². The van der Waals surface area contributed by atoms with Crippen molar-refractivity contribution in [3.63, 3.8) is 0 Å². The van der Waals surface area contributed by atoms with Crippen LogP contribution in [0.3, 0.4) is 0 Å². The standard InChI is InChI=1S/C18H14FNO2S2/c1-23-15-8-4-12(5-9-15)10-16-17(21)20(18(22)24-16)11-13-2-6-14(19)7-3-13/h2-10H,11H2,1H3/b16-10-. The number of nitrogens with zero attached hydrogens (tertiary/aromatic N) is 1. The van der Waals surface area contributed by atoms with Crippen molar-refractivity contribution in [1.29, 1.82) is 0 Å². The van der Waals surface area contributed by atoms with E-state index in [-0.39, 0.29) is 23.5 Å². The largest absolute Gasteiger partial charge is 0.293 e. The molecule has 2 amide bonds. The third kappa shape index (κ3) is 3.71. The summed E-state index contributed by atoms with van der Waals surface area (Å²) >= 11 is 2.57. The van der Waals surface area contributed by atoms with Gasteiger partial charge in [0.25, 0.3) is 11.1 Å². The first-order valence-corrected chi connectivity index (χ1v) is 9.25. The lowest BCUT2D eigenvalue weighted by molar-refractivity contribution is -0.123. The molecule has 0 bridgehead atoms. The first kappa shape index (κ1) is 16.8. The smallest absolute Gasteiger partial charge is 0.268 e. The second kappa shape index (κ2) is 7.23. The molecule has 1 aliphatic heterocycles. The molecule has 1 aliphatic rings. The van der Waals surface area contributed by atoms with E-state index >= 15 is 0 Å². The molecule has 24 heavy (non-hydrogen) atoms. The number of rotatable bonds is 4. The van der Waals surface area contributed by atoms with Crippen LogP contribution in [0.15, 0.2) is 58.3 Å². The van der Waals surface area contributed by atoms with E-state index in [1.165, 1.54) is 17.0 Å². The van der Waals surface area contributed by atoms with Crippen LogP contribution in [-0.4, -0.2) is 22.3 Å². The van der Waals surface area contributed by atoms with Crippen molar-refractivity contribution in [3.8, 4) is 0 Å². The van der Waals surface area contributed by atoms with Crippen LogP contribution >= 0.6 is 23.5 Å². The van der Waals surface area contributed by atoms with Crippen molar-refractivity contribution in [2.45, 2.75) is 11.4 Å². The van der Waals surface area contributed by atoms with E-state index in [4.69, 9.17) is 0 Å². The minimum absolute atomic E-state index is 0.147. The summed E-state index contributed by atoms with van der Waals surface area (Å²) in [6, 6.07) is 13.6. The average Bonchev–Trinajstić information content (AvgIpc) is 2.85. The Morgan fingerprint density at radius 3 is 2.38 bits per heavy atom. The molecule has 6 heteroatoms. The summed E-state index contributed by atoms with van der Waals surface area (Å²) in [5, 5.41) is -0.309. The maximum absolute atomic E-state index is 12.9. The number of thioether (sulfide) groups is 2. The van der Waals surface area contributed by atoms with Gasteiger partial charge in [-0.3, -0.25) is 14.5 Å². The molecule has 0 unspecified atom stereocenters. The zero-order valence-electron chi connectivity index (χ0n) is 12.9. The molecule has 2 aromatic carbocycles. The molecule has 3 nitrogen and oxygen atoms in total. The second-order valence-corrected chi connectivity index (χ2v) is 7.04. The highest BCUT2D eigenvalue weighted by atomic mass is 32.2. The molecule has 0 N–H and O–H groups in total. The molecule has 0 saturated carbocycles. The molecule has 0 aliphatic carbocycles. The average molecular weight is 359 g/mol. The van der Waals surface area contributed by atoms with E-state index < -0.39 is 0 Å². The molecule has 0 aromatic heterocycles. The van der Waals surface area contributed by atoms with Crippen LogP contribution in [0.25, 0.3) is 6.08 Å². The minimum Gasteiger partial charge on any atom is -0.268 e. The van der Waals surface area contributed by atoms with Gasteiger partial charge in [0, 0.05) is 4.90 Å². The molecule has 122 valence electrons. The van der Waals surface area contributed by atoms with Gasteiger partial charge in [0.2, 0.25) is 0 Å². The number of imide groups is 1. The lowest BCUT2D eigenvalue weighted by atomic mass is 10.2. The van der Waals surface area contributed by atoms with Crippen LogP contribution in [0.5, 0.6) is 0 Å². The third-order valence-corrected chi connectivity index (χ3v) is 5.19. The fraction of sp³-hybridized carbons (Fsp3) is 0.111. The number of halogens is 1. The zero-order chi connectivity index (χ0) is 17.1. The van der Waals surface area contributed by atoms with Crippen LogP contribution in [0, 0.1) is 5.82 Å². The van der Waals surface area contributed by atoms with E-state index in [1.54, 1.807) is 30.0 Å². The zero-order valence-corrected chi connectivity index (χ0v) is 14.5. The van der Waals surface area contributed by atoms with Crippen LogP contribution in [-0.2, 0) is 11.3 Å². The first-order chi connectivity index (χ1) is 11.6. The number of amides is 2. The Hall–Kier alpha value is -2.05. The Morgan fingerprint density at radius 1 is 1.08 bits per heavy atom. The van der Waals surface area contributed by atoms with Crippen molar-refractivity contribution >= 4 is 40.7 Å². The Labute approximate surface area is 147 Å². The van der Waals surface area contributed by atoms with Crippen molar-refractivity contribution in [2.75, 3.05) is 6.26 Å². The minimum atomic E-state index is -0.346. The lowest BCUT2D eigenvalue weighted by Gasteiger charge is -2.12. The van der Waals surface area contributed by atoms with Crippen LogP contribution < -0.4 is 0 Å². The molecule has 0 spiro atoms. The maximum Gasteiger partial charge on any atom is 0.293 e. The monoisotopic (exact) mass is 359 g/mol. The number of carbonyl (C=O) groups excluding carboxylic acids is 2. The van der Waals surface area contributed by atoms with Gasteiger partial charge in [-0.25, -0.2) is 4.39 Å². The molecule has 3 rings (SSSR count). The molecule has 1 saturated heterocycles. The van der Waals surface area contributed by atoms with E-state index in [0.29, 0.717) is 10.5 Å². The van der Waals surface area contributed by atoms with Crippen molar-refractivity contribution in [1.82, 2.24) is 4.90 Å². The van der Waals surface area contributed by atoms with E-state index in [2.05, 4.69) is 0 Å². The first-order valence-electron chi connectivity index (χ1n) is 7.20. The molecule has 2 aromatic rings. The van der Waals surface area contributed by atoms with Crippen molar-refractivity contribution in [2.24, 2.45) is 0 Å². The Balaban J connectivity index is 1.77. The topological polar surface area (TPSA) is 37.4 Å². The normalized spacial score (nSPS) is 16.2. The Bertz CT molecular complexity index is 801. The third-order valence-electron chi connectivity index (χ3n) is 3.54. The van der Waals surface area contributed by atoms with Gasteiger partial charge in [-0.05, 0) is 59.5 Å². The van der Waals surface area contributed by atoms with E-state index in [1.807, 2.05) is 30.5 Å². The fourth-order valence-electron chi connectivity index (χ4n) is 2.26. The molecule has 1 fully saturated rings. The summed E-state index contributed by atoms with van der Waals surface area (Å²) in [5.74, 6) is -0.662. The lowest BCUT2D eigenvalue weighted by Crippen LogP contribution is -2.27. The number of benzene rings is 2. The number of hydrogen-bond acceptors (Lipinski definition) is 4. The van der Waals surface area contributed by atoms with E-state index in [9.17, 15) is 14.0 Å².